The molecule has 0 radical (unpaired) electrons. The zero-order chi connectivity index (χ0) is 18.8. The minimum absolute atomic E-state index is 0.153. The van der Waals surface area contributed by atoms with Gasteiger partial charge in [-0.1, -0.05) is 0 Å². The second-order valence-electron chi connectivity index (χ2n) is 5.92. The number of rotatable bonds is 4. The average molecular weight is 353 g/mol. The van der Waals surface area contributed by atoms with E-state index in [4.69, 9.17) is 11.1 Å². The molecule has 3 aromatic rings. The Balaban J connectivity index is 2.01. The van der Waals surface area contributed by atoms with Crippen molar-refractivity contribution in [2.45, 2.75) is 13.8 Å². The van der Waals surface area contributed by atoms with Gasteiger partial charge in [0, 0.05) is 34.8 Å². The fraction of sp³-hybridized carbons (Fsp3) is 0.105. The first-order chi connectivity index (χ1) is 12.4. The topological polar surface area (TPSA) is 87.7 Å². The van der Waals surface area contributed by atoms with Gasteiger partial charge in [-0.2, -0.15) is 0 Å². The molecule has 132 valence electrons. The summed E-state index contributed by atoms with van der Waals surface area (Å²) in [5, 5.41) is 10.3. The third-order valence-electron chi connectivity index (χ3n) is 3.97. The van der Waals surface area contributed by atoms with E-state index in [9.17, 15) is 8.78 Å². The van der Waals surface area contributed by atoms with Gasteiger partial charge < -0.3 is 16.5 Å². The standard InChI is InChI=1S/C19H17F2N5/c1-10-5-12(3-4-14(10)20)19-24-9-11(2)18(26-19)25-17-6-13(8-22)16(23)7-15(17)21/h3-9,22H,23H2,1-2H3,(H,24,25,26). The summed E-state index contributed by atoms with van der Waals surface area (Å²) < 4.78 is 27.7. The number of nitrogens with zero attached hydrogens (tertiary/aromatic N) is 2. The molecule has 3 rings (SSSR count). The highest BCUT2D eigenvalue weighted by molar-refractivity contribution is 5.87. The zero-order valence-corrected chi connectivity index (χ0v) is 14.3. The number of benzene rings is 2. The van der Waals surface area contributed by atoms with Crippen LogP contribution in [0.1, 0.15) is 16.7 Å². The highest BCUT2D eigenvalue weighted by Gasteiger charge is 2.12. The van der Waals surface area contributed by atoms with Crippen molar-refractivity contribution in [3.63, 3.8) is 0 Å². The van der Waals surface area contributed by atoms with Gasteiger partial charge in [0.15, 0.2) is 5.82 Å². The van der Waals surface area contributed by atoms with E-state index in [-0.39, 0.29) is 17.2 Å². The summed E-state index contributed by atoms with van der Waals surface area (Å²) in [4.78, 5) is 8.70. The van der Waals surface area contributed by atoms with Gasteiger partial charge in [-0.25, -0.2) is 18.7 Å². The molecular formula is C19H17F2N5. The lowest BCUT2D eigenvalue weighted by molar-refractivity contribution is 0.618. The molecule has 0 spiro atoms. The van der Waals surface area contributed by atoms with Crippen LogP contribution in [-0.2, 0) is 0 Å². The summed E-state index contributed by atoms with van der Waals surface area (Å²) in [6, 6.07) is 7.20. The van der Waals surface area contributed by atoms with Crippen molar-refractivity contribution in [1.82, 2.24) is 9.97 Å². The van der Waals surface area contributed by atoms with Crippen LogP contribution in [0.4, 0.5) is 26.0 Å². The Morgan fingerprint density at radius 2 is 1.85 bits per heavy atom. The van der Waals surface area contributed by atoms with E-state index in [0.717, 1.165) is 12.3 Å². The van der Waals surface area contributed by atoms with Crippen molar-refractivity contribution >= 4 is 23.4 Å². The molecule has 0 aliphatic carbocycles. The van der Waals surface area contributed by atoms with Crippen molar-refractivity contribution < 1.29 is 8.78 Å². The van der Waals surface area contributed by atoms with E-state index in [2.05, 4.69) is 15.3 Å². The fourth-order valence-electron chi connectivity index (χ4n) is 2.45. The maximum Gasteiger partial charge on any atom is 0.161 e. The molecule has 0 amide bonds. The van der Waals surface area contributed by atoms with Gasteiger partial charge >= 0.3 is 0 Å². The van der Waals surface area contributed by atoms with Crippen molar-refractivity contribution in [3.05, 3.63) is 64.9 Å². The smallest absolute Gasteiger partial charge is 0.161 e. The van der Waals surface area contributed by atoms with Crippen LogP contribution in [0.15, 0.2) is 36.5 Å². The lowest BCUT2D eigenvalue weighted by Gasteiger charge is -2.12. The molecule has 0 aliphatic heterocycles. The van der Waals surface area contributed by atoms with E-state index in [1.165, 1.54) is 12.1 Å². The maximum absolute atomic E-state index is 14.2. The molecule has 1 heterocycles. The Labute approximate surface area is 149 Å². The summed E-state index contributed by atoms with van der Waals surface area (Å²) >= 11 is 0. The molecule has 0 saturated heterocycles. The Kier molecular flexibility index (Phi) is 4.62. The van der Waals surface area contributed by atoms with Crippen molar-refractivity contribution in [1.29, 1.82) is 5.41 Å². The van der Waals surface area contributed by atoms with Crippen LogP contribution in [0.25, 0.3) is 11.4 Å². The SMILES string of the molecule is Cc1cc(-c2ncc(C)c(Nc3cc(C=N)c(N)cc3F)n2)ccc1F. The van der Waals surface area contributed by atoms with E-state index in [0.29, 0.717) is 33.9 Å². The minimum Gasteiger partial charge on any atom is -0.398 e. The Morgan fingerprint density at radius 3 is 2.54 bits per heavy atom. The van der Waals surface area contributed by atoms with E-state index >= 15 is 0 Å². The number of aryl methyl sites for hydroxylation is 2. The number of hydrogen-bond acceptors (Lipinski definition) is 5. The largest absolute Gasteiger partial charge is 0.398 e. The Morgan fingerprint density at radius 1 is 1.08 bits per heavy atom. The molecule has 0 fully saturated rings. The number of aromatic nitrogens is 2. The van der Waals surface area contributed by atoms with Crippen molar-refractivity contribution in [2.24, 2.45) is 0 Å². The molecular weight excluding hydrogens is 336 g/mol. The summed E-state index contributed by atoms with van der Waals surface area (Å²) in [5.74, 6) is -0.0477. The van der Waals surface area contributed by atoms with Gasteiger partial charge in [-0.15, -0.1) is 0 Å². The van der Waals surface area contributed by atoms with Gasteiger partial charge in [0.2, 0.25) is 0 Å². The van der Waals surface area contributed by atoms with Crippen LogP contribution in [-0.4, -0.2) is 16.2 Å². The second kappa shape index (κ2) is 6.87. The summed E-state index contributed by atoms with van der Waals surface area (Å²) in [6.07, 6.45) is 2.66. The van der Waals surface area contributed by atoms with Crippen LogP contribution in [0.5, 0.6) is 0 Å². The highest BCUT2D eigenvalue weighted by Crippen LogP contribution is 2.27. The molecule has 2 aromatic carbocycles. The van der Waals surface area contributed by atoms with Crippen LogP contribution < -0.4 is 11.1 Å². The summed E-state index contributed by atoms with van der Waals surface area (Å²) in [5.41, 5.74) is 8.27. The molecule has 0 aliphatic rings. The first kappa shape index (κ1) is 17.5. The Bertz CT molecular complexity index is 1000. The second-order valence-corrected chi connectivity index (χ2v) is 5.92. The molecule has 0 bridgehead atoms. The summed E-state index contributed by atoms with van der Waals surface area (Å²) in [7, 11) is 0. The average Bonchev–Trinajstić information content (AvgIpc) is 2.61. The van der Waals surface area contributed by atoms with Crippen LogP contribution in [0.3, 0.4) is 0 Å². The monoisotopic (exact) mass is 353 g/mol. The fourth-order valence-corrected chi connectivity index (χ4v) is 2.45. The number of hydrogen-bond donors (Lipinski definition) is 3. The molecule has 5 nitrogen and oxygen atoms in total. The van der Waals surface area contributed by atoms with Crippen molar-refractivity contribution in [2.75, 3.05) is 11.1 Å². The zero-order valence-electron chi connectivity index (χ0n) is 14.3. The maximum atomic E-state index is 14.2. The number of nitrogens with two attached hydrogens (primary N) is 1. The molecule has 1 aromatic heterocycles. The molecule has 0 atom stereocenters. The highest BCUT2D eigenvalue weighted by atomic mass is 19.1. The lowest BCUT2D eigenvalue weighted by atomic mass is 10.1. The molecule has 4 N–H and O–H groups in total. The van der Waals surface area contributed by atoms with Gasteiger partial charge in [0.25, 0.3) is 0 Å². The molecule has 7 heteroatoms. The van der Waals surface area contributed by atoms with Gasteiger partial charge in [-0.3, -0.25) is 0 Å². The molecule has 0 unspecified atom stereocenters. The first-order valence-electron chi connectivity index (χ1n) is 7.85. The molecule has 26 heavy (non-hydrogen) atoms. The minimum atomic E-state index is -0.551. The predicted octanol–water partition coefficient (Wildman–Crippen LogP) is 4.36. The van der Waals surface area contributed by atoms with E-state index in [1.54, 1.807) is 32.2 Å². The summed E-state index contributed by atoms with van der Waals surface area (Å²) in [6.45, 7) is 3.45. The number of anilines is 3. The van der Waals surface area contributed by atoms with Gasteiger partial charge in [-0.05, 0) is 49.7 Å². The first-order valence-corrected chi connectivity index (χ1v) is 7.85. The predicted molar refractivity (Wildman–Crippen MR) is 98.9 cm³/mol. The Hall–Kier alpha value is -3.35. The number of nitrogen functional groups attached to an aromatic ring is 1. The number of halogens is 2. The number of nitrogens with one attached hydrogen (secondary N) is 2. The third kappa shape index (κ3) is 3.37. The normalized spacial score (nSPS) is 10.6. The third-order valence-corrected chi connectivity index (χ3v) is 3.97. The molecule has 0 saturated carbocycles. The van der Waals surface area contributed by atoms with Gasteiger partial charge in [0.1, 0.15) is 17.5 Å². The van der Waals surface area contributed by atoms with Crippen LogP contribution in [0.2, 0.25) is 0 Å². The van der Waals surface area contributed by atoms with Crippen LogP contribution in [0, 0.1) is 30.9 Å². The van der Waals surface area contributed by atoms with E-state index in [1.807, 2.05) is 0 Å². The lowest BCUT2D eigenvalue weighted by Crippen LogP contribution is -2.04. The van der Waals surface area contributed by atoms with E-state index < -0.39 is 5.82 Å². The van der Waals surface area contributed by atoms with Crippen LogP contribution >= 0.6 is 0 Å². The van der Waals surface area contributed by atoms with Gasteiger partial charge in [0.05, 0.1) is 5.69 Å². The van der Waals surface area contributed by atoms with Crippen molar-refractivity contribution in [3.8, 4) is 11.4 Å². The quantitative estimate of drug-likeness (QED) is 0.480.